The van der Waals surface area contributed by atoms with Crippen molar-refractivity contribution in [3.8, 4) is 0 Å². The fourth-order valence-corrected chi connectivity index (χ4v) is 4.97. The minimum Gasteiger partial charge on any atom is -0.507 e. The number of aliphatic hydroxyl groups is 1. The van der Waals surface area contributed by atoms with Crippen LogP contribution in [0.1, 0.15) is 22.7 Å². The van der Waals surface area contributed by atoms with Crippen LogP contribution in [0.25, 0.3) is 16.7 Å². The van der Waals surface area contributed by atoms with E-state index in [1.54, 1.807) is 29.2 Å². The van der Waals surface area contributed by atoms with Crippen LogP contribution in [0.3, 0.4) is 0 Å². The van der Waals surface area contributed by atoms with Gasteiger partial charge in [0.15, 0.2) is 0 Å². The van der Waals surface area contributed by atoms with Gasteiger partial charge in [0.05, 0.1) is 11.6 Å². The fraction of sp³-hybridized carbons (Fsp3) is 0.111. The number of likely N-dealkylation sites (tertiary alicyclic amines) is 1. The van der Waals surface area contributed by atoms with Gasteiger partial charge >= 0.3 is 0 Å². The second-order valence-corrected chi connectivity index (χ2v) is 9.99. The number of hydrogen-bond donors (Lipinski definition) is 2. The molecule has 1 amide bonds. The number of nitrogens with zero attached hydrogens (tertiary/aromatic N) is 1. The lowest BCUT2D eigenvalue weighted by atomic mass is 9.95. The van der Waals surface area contributed by atoms with E-state index in [4.69, 9.17) is 0 Å². The van der Waals surface area contributed by atoms with E-state index < -0.39 is 17.7 Å². The van der Waals surface area contributed by atoms with Gasteiger partial charge in [-0.25, -0.2) is 0 Å². The number of halogens is 2. The molecule has 7 heteroatoms. The van der Waals surface area contributed by atoms with Crippen molar-refractivity contribution < 1.29 is 14.7 Å². The zero-order valence-corrected chi connectivity index (χ0v) is 21.1. The van der Waals surface area contributed by atoms with E-state index in [0.29, 0.717) is 18.5 Å². The maximum absolute atomic E-state index is 13.2. The summed E-state index contributed by atoms with van der Waals surface area (Å²) >= 11 is 6.83. The van der Waals surface area contributed by atoms with Crippen molar-refractivity contribution in [3.63, 3.8) is 0 Å². The van der Waals surface area contributed by atoms with Crippen molar-refractivity contribution in [2.75, 3.05) is 6.54 Å². The number of hydrogen-bond acceptors (Lipinski definition) is 3. The van der Waals surface area contributed by atoms with Gasteiger partial charge in [0.1, 0.15) is 5.76 Å². The number of rotatable bonds is 5. The highest BCUT2D eigenvalue weighted by Gasteiger charge is 2.45. The molecule has 34 heavy (non-hydrogen) atoms. The Morgan fingerprint density at radius 2 is 1.56 bits per heavy atom. The second kappa shape index (κ2) is 9.24. The molecule has 1 saturated heterocycles. The number of para-hydroxylation sites is 1. The Morgan fingerprint density at radius 3 is 2.26 bits per heavy atom. The number of nitrogens with one attached hydrogen (secondary N) is 1. The Labute approximate surface area is 213 Å². The van der Waals surface area contributed by atoms with Gasteiger partial charge in [-0.1, -0.05) is 74.3 Å². The second-order valence-electron chi connectivity index (χ2n) is 8.16. The van der Waals surface area contributed by atoms with Crippen molar-refractivity contribution in [2.24, 2.45) is 0 Å². The van der Waals surface area contributed by atoms with Crippen LogP contribution in [0.4, 0.5) is 0 Å². The standard InChI is InChI=1S/C27H20Br2N2O3/c28-19-9-5-16(6-10-19)24-23(25(32)17-7-11-20(29)12-8-17)26(33)27(34)31(24)14-13-18-15-30-22-4-2-1-3-21(18)22/h1-12,15,24,30,32H,13-14H2. The Morgan fingerprint density at radius 1 is 0.912 bits per heavy atom. The molecular weight excluding hydrogens is 560 g/mol. The first-order valence-electron chi connectivity index (χ1n) is 10.8. The molecule has 170 valence electrons. The summed E-state index contributed by atoms with van der Waals surface area (Å²) in [5.74, 6) is -1.45. The molecule has 0 saturated carbocycles. The van der Waals surface area contributed by atoms with Crippen molar-refractivity contribution in [2.45, 2.75) is 12.5 Å². The van der Waals surface area contributed by atoms with Gasteiger partial charge in [-0.2, -0.15) is 0 Å². The summed E-state index contributed by atoms with van der Waals surface area (Å²) in [5.41, 5.74) is 3.45. The predicted octanol–water partition coefficient (Wildman–Crippen LogP) is 6.36. The molecule has 3 aromatic carbocycles. The first kappa shape index (κ1) is 22.6. The van der Waals surface area contributed by atoms with Gasteiger partial charge < -0.3 is 15.0 Å². The number of aromatic nitrogens is 1. The zero-order valence-electron chi connectivity index (χ0n) is 18.0. The lowest BCUT2D eigenvalue weighted by Crippen LogP contribution is -2.31. The van der Waals surface area contributed by atoms with Crippen molar-refractivity contribution in [1.29, 1.82) is 0 Å². The van der Waals surface area contributed by atoms with E-state index in [1.807, 2.05) is 54.7 Å². The van der Waals surface area contributed by atoms with E-state index >= 15 is 0 Å². The van der Waals surface area contributed by atoms with Crippen molar-refractivity contribution in [1.82, 2.24) is 9.88 Å². The number of fused-ring (bicyclic) bond motifs is 1. The first-order valence-corrected chi connectivity index (χ1v) is 12.4. The number of ketones is 1. The van der Waals surface area contributed by atoms with Crippen LogP contribution in [0.15, 0.2) is 93.5 Å². The van der Waals surface area contributed by atoms with E-state index in [9.17, 15) is 14.7 Å². The van der Waals surface area contributed by atoms with Crippen LogP contribution in [-0.4, -0.2) is 33.2 Å². The molecule has 0 spiro atoms. The molecule has 4 aromatic rings. The molecule has 1 aliphatic heterocycles. The van der Waals surface area contributed by atoms with Gasteiger partial charge in [-0.05, 0) is 47.9 Å². The molecule has 1 aromatic heterocycles. The summed E-state index contributed by atoms with van der Waals surface area (Å²) in [6, 6.07) is 21.8. The third-order valence-corrected chi connectivity index (χ3v) is 7.20. The van der Waals surface area contributed by atoms with Crippen LogP contribution < -0.4 is 0 Å². The van der Waals surface area contributed by atoms with Crippen LogP contribution in [0.5, 0.6) is 0 Å². The predicted molar refractivity (Wildman–Crippen MR) is 139 cm³/mol. The fourth-order valence-electron chi connectivity index (χ4n) is 4.44. The number of carbonyl (C=O) groups is 2. The summed E-state index contributed by atoms with van der Waals surface area (Å²) < 4.78 is 1.74. The van der Waals surface area contributed by atoms with Gasteiger partial charge in [0.25, 0.3) is 11.7 Å². The highest BCUT2D eigenvalue weighted by molar-refractivity contribution is 9.10. The molecule has 0 aliphatic carbocycles. The lowest BCUT2D eigenvalue weighted by Gasteiger charge is -2.25. The molecule has 0 radical (unpaired) electrons. The number of aliphatic hydroxyl groups excluding tert-OH is 1. The number of aromatic amines is 1. The number of benzene rings is 3. The number of Topliss-reactive ketones (excluding diaryl/α,β-unsaturated/α-hetero) is 1. The van der Waals surface area contributed by atoms with Crippen LogP contribution >= 0.6 is 31.9 Å². The lowest BCUT2D eigenvalue weighted by molar-refractivity contribution is -0.139. The summed E-state index contributed by atoms with van der Waals surface area (Å²) in [6.45, 7) is 0.338. The number of carbonyl (C=O) groups excluding carboxylic acids is 2. The van der Waals surface area contributed by atoms with E-state index in [2.05, 4.69) is 36.8 Å². The summed E-state index contributed by atoms with van der Waals surface area (Å²) in [5, 5.41) is 12.2. The van der Waals surface area contributed by atoms with Crippen LogP contribution in [0, 0.1) is 0 Å². The third kappa shape index (κ3) is 4.10. The van der Waals surface area contributed by atoms with Crippen molar-refractivity contribution in [3.05, 3.63) is 110 Å². The molecule has 1 atom stereocenters. The minimum atomic E-state index is -0.679. The number of H-pyrrole nitrogens is 1. The molecule has 1 unspecified atom stereocenters. The molecule has 2 heterocycles. The highest BCUT2D eigenvalue weighted by atomic mass is 79.9. The average molecular weight is 580 g/mol. The molecule has 1 aliphatic rings. The van der Waals surface area contributed by atoms with Crippen LogP contribution in [-0.2, 0) is 16.0 Å². The van der Waals surface area contributed by atoms with E-state index in [-0.39, 0.29) is 11.3 Å². The van der Waals surface area contributed by atoms with Gasteiger partial charge in [-0.15, -0.1) is 0 Å². The van der Waals surface area contributed by atoms with Gasteiger partial charge in [0.2, 0.25) is 0 Å². The SMILES string of the molecule is O=C1C(=O)N(CCc2c[nH]c3ccccc23)C(c2ccc(Br)cc2)C1=C(O)c1ccc(Br)cc1. The normalized spacial score (nSPS) is 17.6. The number of amides is 1. The Kier molecular flexibility index (Phi) is 6.15. The first-order chi connectivity index (χ1) is 16.4. The van der Waals surface area contributed by atoms with Gasteiger partial charge in [0, 0.05) is 38.2 Å². The Bertz CT molecular complexity index is 1420. The summed E-state index contributed by atoms with van der Waals surface area (Å²) in [6.07, 6.45) is 2.51. The smallest absolute Gasteiger partial charge is 0.295 e. The zero-order chi connectivity index (χ0) is 23.8. The van der Waals surface area contributed by atoms with Crippen molar-refractivity contribution >= 4 is 60.2 Å². The Balaban J connectivity index is 1.56. The maximum atomic E-state index is 13.2. The van der Waals surface area contributed by atoms with Gasteiger partial charge in [-0.3, -0.25) is 9.59 Å². The average Bonchev–Trinajstić information content (AvgIpc) is 3.37. The summed E-state index contributed by atoms with van der Waals surface area (Å²) in [7, 11) is 0. The monoisotopic (exact) mass is 578 g/mol. The third-order valence-electron chi connectivity index (χ3n) is 6.14. The Hall–Kier alpha value is -3.16. The maximum Gasteiger partial charge on any atom is 0.295 e. The molecular formula is C27H20Br2N2O3. The quantitative estimate of drug-likeness (QED) is 0.164. The van der Waals surface area contributed by atoms with E-state index in [0.717, 1.165) is 31.0 Å². The minimum absolute atomic E-state index is 0.105. The topological polar surface area (TPSA) is 73.4 Å². The molecule has 2 N–H and O–H groups in total. The molecule has 5 rings (SSSR count). The highest BCUT2D eigenvalue weighted by Crippen LogP contribution is 2.40. The summed E-state index contributed by atoms with van der Waals surface area (Å²) in [4.78, 5) is 31.2. The molecule has 5 nitrogen and oxygen atoms in total. The molecule has 1 fully saturated rings. The molecule has 0 bridgehead atoms. The van der Waals surface area contributed by atoms with Crippen LogP contribution in [0.2, 0.25) is 0 Å². The van der Waals surface area contributed by atoms with E-state index in [1.165, 1.54) is 0 Å². The largest absolute Gasteiger partial charge is 0.507 e.